The standard InChI is InChI=1S/C14H16FN/c1-3-5-11(6-4-2)14-9-13(15)8-7-12(14)10-16/h5,7-9H,3-4,6H2,1-2H3/b11-5+. The van der Waals surface area contributed by atoms with Gasteiger partial charge in [-0.25, -0.2) is 4.39 Å². The molecule has 0 aliphatic heterocycles. The topological polar surface area (TPSA) is 23.8 Å². The maximum Gasteiger partial charge on any atom is 0.123 e. The van der Waals surface area contributed by atoms with Gasteiger partial charge in [0.2, 0.25) is 0 Å². The quantitative estimate of drug-likeness (QED) is 0.738. The molecule has 0 bridgehead atoms. The minimum absolute atomic E-state index is 0.285. The maximum atomic E-state index is 13.2. The van der Waals surface area contributed by atoms with E-state index in [0.29, 0.717) is 5.56 Å². The molecule has 0 N–H and O–H groups in total. The number of hydrogen-bond donors (Lipinski definition) is 0. The van der Waals surface area contributed by atoms with Crippen LogP contribution >= 0.6 is 0 Å². The van der Waals surface area contributed by atoms with Gasteiger partial charge in [-0.1, -0.05) is 26.3 Å². The van der Waals surface area contributed by atoms with Crippen molar-refractivity contribution in [2.45, 2.75) is 33.1 Å². The fourth-order valence-corrected chi connectivity index (χ4v) is 1.74. The summed E-state index contributed by atoms with van der Waals surface area (Å²) in [6, 6.07) is 6.44. The SMILES string of the molecule is CC/C=C(\CCC)c1cc(F)ccc1C#N. The highest BCUT2D eigenvalue weighted by Gasteiger charge is 2.08. The van der Waals surface area contributed by atoms with E-state index >= 15 is 0 Å². The van der Waals surface area contributed by atoms with Gasteiger partial charge in [0.05, 0.1) is 11.6 Å². The van der Waals surface area contributed by atoms with Gasteiger partial charge < -0.3 is 0 Å². The summed E-state index contributed by atoms with van der Waals surface area (Å²) >= 11 is 0. The van der Waals surface area contributed by atoms with Gasteiger partial charge >= 0.3 is 0 Å². The van der Waals surface area contributed by atoms with Gasteiger partial charge in [0.1, 0.15) is 5.82 Å². The first-order valence-electron chi connectivity index (χ1n) is 5.62. The Bertz CT molecular complexity index is 427. The number of hydrogen-bond acceptors (Lipinski definition) is 1. The Balaban J connectivity index is 3.22. The molecule has 0 aromatic heterocycles. The van der Waals surface area contributed by atoms with Gasteiger partial charge in [0.15, 0.2) is 0 Å². The first-order valence-corrected chi connectivity index (χ1v) is 5.62. The molecule has 0 amide bonds. The van der Waals surface area contributed by atoms with Crippen LogP contribution in [0.2, 0.25) is 0 Å². The van der Waals surface area contributed by atoms with E-state index in [1.165, 1.54) is 12.1 Å². The zero-order valence-corrected chi connectivity index (χ0v) is 9.76. The van der Waals surface area contributed by atoms with Gasteiger partial charge in [-0.05, 0) is 42.2 Å². The third-order valence-electron chi connectivity index (χ3n) is 2.42. The fourth-order valence-electron chi connectivity index (χ4n) is 1.74. The van der Waals surface area contributed by atoms with Gasteiger partial charge in [-0.3, -0.25) is 0 Å². The molecule has 0 saturated carbocycles. The highest BCUT2D eigenvalue weighted by atomic mass is 19.1. The van der Waals surface area contributed by atoms with Gasteiger partial charge in [0.25, 0.3) is 0 Å². The lowest BCUT2D eigenvalue weighted by Crippen LogP contribution is -1.92. The maximum absolute atomic E-state index is 13.2. The Morgan fingerprint density at radius 1 is 1.44 bits per heavy atom. The molecule has 0 aliphatic rings. The van der Waals surface area contributed by atoms with Crippen LogP contribution in [-0.2, 0) is 0 Å². The van der Waals surface area contributed by atoms with E-state index in [4.69, 9.17) is 5.26 Å². The lowest BCUT2D eigenvalue weighted by atomic mass is 9.96. The molecule has 0 heterocycles. The van der Waals surface area contributed by atoms with Gasteiger partial charge in [-0.15, -0.1) is 0 Å². The van der Waals surface area contributed by atoms with Crippen LogP contribution in [0.5, 0.6) is 0 Å². The summed E-state index contributed by atoms with van der Waals surface area (Å²) in [4.78, 5) is 0. The molecule has 1 nitrogen and oxygen atoms in total. The first kappa shape index (κ1) is 12.4. The van der Waals surface area contributed by atoms with Crippen LogP contribution in [0.25, 0.3) is 5.57 Å². The van der Waals surface area contributed by atoms with Crippen molar-refractivity contribution in [2.75, 3.05) is 0 Å². The molecule has 0 fully saturated rings. The Hall–Kier alpha value is -1.62. The molecule has 1 aromatic rings. The second kappa shape index (κ2) is 6.07. The lowest BCUT2D eigenvalue weighted by Gasteiger charge is -2.08. The van der Waals surface area contributed by atoms with E-state index in [2.05, 4.69) is 19.1 Å². The van der Waals surface area contributed by atoms with Crippen molar-refractivity contribution in [3.05, 3.63) is 41.2 Å². The average Bonchev–Trinajstić information content (AvgIpc) is 2.29. The van der Waals surface area contributed by atoms with Crippen LogP contribution < -0.4 is 0 Å². The van der Waals surface area contributed by atoms with Crippen molar-refractivity contribution in [3.63, 3.8) is 0 Å². The molecule has 0 spiro atoms. The Kier molecular flexibility index (Phi) is 4.72. The number of nitrogens with zero attached hydrogens (tertiary/aromatic N) is 1. The average molecular weight is 217 g/mol. The molecule has 0 aliphatic carbocycles. The van der Waals surface area contributed by atoms with Crippen LogP contribution in [0.3, 0.4) is 0 Å². The molecule has 0 saturated heterocycles. The van der Waals surface area contributed by atoms with E-state index in [1.807, 2.05) is 6.92 Å². The highest BCUT2D eigenvalue weighted by Crippen LogP contribution is 2.24. The zero-order valence-electron chi connectivity index (χ0n) is 9.76. The Morgan fingerprint density at radius 3 is 2.75 bits per heavy atom. The van der Waals surface area contributed by atoms with Crippen molar-refractivity contribution >= 4 is 5.57 Å². The van der Waals surface area contributed by atoms with Crippen LogP contribution in [0.1, 0.15) is 44.2 Å². The minimum atomic E-state index is -0.285. The van der Waals surface area contributed by atoms with E-state index in [-0.39, 0.29) is 5.82 Å². The molecular weight excluding hydrogens is 201 g/mol. The molecule has 2 heteroatoms. The van der Waals surface area contributed by atoms with Crippen molar-refractivity contribution in [2.24, 2.45) is 0 Å². The van der Waals surface area contributed by atoms with E-state index in [1.54, 1.807) is 6.07 Å². The van der Waals surface area contributed by atoms with Crippen molar-refractivity contribution < 1.29 is 4.39 Å². The molecule has 0 unspecified atom stereocenters. The number of rotatable bonds is 4. The number of benzene rings is 1. The smallest absolute Gasteiger partial charge is 0.123 e. The molecule has 1 aromatic carbocycles. The predicted octanol–water partition coefficient (Wildman–Crippen LogP) is 4.29. The molecule has 0 atom stereocenters. The Labute approximate surface area is 96.2 Å². The lowest BCUT2D eigenvalue weighted by molar-refractivity contribution is 0.627. The summed E-state index contributed by atoms with van der Waals surface area (Å²) in [5, 5.41) is 8.99. The van der Waals surface area contributed by atoms with E-state index < -0.39 is 0 Å². The minimum Gasteiger partial charge on any atom is -0.207 e. The molecule has 84 valence electrons. The molecule has 0 radical (unpaired) electrons. The number of allylic oxidation sites excluding steroid dienone is 2. The largest absolute Gasteiger partial charge is 0.207 e. The van der Waals surface area contributed by atoms with Crippen LogP contribution in [0, 0.1) is 17.1 Å². The molecule has 1 rings (SSSR count). The van der Waals surface area contributed by atoms with E-state index in [9.17, 15) is 4.39 Å². The number of nitriles is 1. The van der Waals surface area contributed by atoms with Crippen LogP contribution in [0.4, 0.5) is 4.39 Å². The summed E-state index contributed by atoms with van der Waals surface area (Å²) < 4.78 is 13.2. The molecule has 16 heavy (non-hydrogen) atoms. The Morgan fingerprint density at radius 2 is 2.19 bits per heavy atom. The third kappa shape index (κ3) is 2.93. The summed E-state index contributed by atoms with van der Waals surface area (Å²) in [5.41, 5.74) is 2.36. The van der Waals surface area contributed by atoms with Gasteiger partial charge in [0, 0.05) is 0 Å². The predicted molar refractivity (Wildman–Crippen MR) is 64.3 cm³/mol. The van der Waals surface area contributed by atoms with Crippen LogP contribution in [0.15, 0.2) is 24.3 Å². The summed E-state index contributed by atoms with van der Waals surface area (Å²) in [7, 11) is 0. The van der Waals surface area contributed by atoms with Crippen molar-refractivity contribution in [1.82, 2.24) is 0 Å². The van der Waals surface area contributed by atoms with Crippen molar-refractivity contribution in [3.8, 4) is 6.07 Å². The van der Waals surface area contributed by atoms with Crippen molar-refractivity contribution in [1.29, 1.82) is 5.26 Å². The fraction of sp³-hybridized carbons (Fsp3) is 0.357. The monoisotopic (exact) mass is 217 g/mol. The first-order chi connectivity index (χ1) is 7.72. The summed E-state index contributed by atoms with van der Waals surface area (Å²) in [6.07, 6.45) is 4.84. The van der Waals surface area contributed by atoms with Gasteiger partial charge in [-0.2, -0.15) is 5.26 Å². The summed E-state index contributed by atoms with van der Waals surface area (Å²) in [5.74, 6) is -0.285. The normalized spacial score (nSPS) is 11.2. The third-order valence-corrected chi connectivity index (χ3v) is 2.42. The van der Waals surface area contributed by atoms with Crippen LogP contribution in [-0.4, -0.2) is 0 Å². The second-order valence-corrected chi connectivity index (χ2v) is 3.69. The van der Waals surface area contributed by atoms with E-state index in [0.717, 1.165) is 30.4 Å². The summed E-state index contributed by atoms with van der Waals surface area (Å²) in [6.45, 7) is 4.12. The second-order valence-electron chi connectivity index (χ2n) is 3.69. The highest BCUT2D eigenvalue weighted by molar-refractivity contribution is 5.70. The zero-order chi connectivity index (χ0) is 12.0. The molecular formula is C14H16FN. The number of halogens is 1.